The summed E-state index contributed by atoms with van der Waals surface area (Å²) in [7, 11) is 9.65. The third-order valence-corrected chi connectivity index (χ3v) is 4.30. The van der Waals surface area contributed by atoms with E-state index in [9.17, 15) is 0 Å². The number of carbonyl (C=O) groups excluding carboxylic acids is 1. The van der Waals surface area contributed by atoms with Gasteiger partial charge in [-0.2, -0.15) is 0 Å². The minimum absolute atomic E-state index is 0.316. The van der Waals surface area contributed by atoms with Gasteiger partial charge in [0.1, 0.15) is 24.5 Å². The van der Waals surface area contributed by atoms with E-state index in [0.717, 1.165) is 33.4 Å². The maximum atomic E-state index is 8.95. The third-order valence-electron chi connectivity index (χ3n) is 3.37. The molecule has 9 heteroatoms. The number of halogens is 1. The Bertz CT molecular complexity index is 721. The first kappa shape index (κ1) is 25.7. The average Bonchev–Trinajstić information content (AvgIpc) is 2.71. The average molecular weight is 428 g/mol. The Balaban J connectivity index is 0.00000165. The van der Waals surface area contributed by atoms with Gasteiger partial charge in [0, 0.05) is 28.3 Å². The first-order valence-corrected chi connectivity index (χ1v) is 9.94. The number of hydrogen-bond donors (Lipinski definition) is 0. The van der Waals surface area contributed by atoms with Crippen molar-refractivity contribution in [3.8, 4) is 0 Å². The van der Waals surface area contributed by atoms with Gasteiger partial charge in [0.25, 0.3) is 6.47 Å². The SMILES string of the molecule is C=CN=C(SCl)/C(CC)=N/OCc1c(C)cccc1/C(C)=N\OC.COC=O. The molecule has 0 bridgehead atoms. The van der Waals surface area contributed by atoms with E-state index in [2.05, 4.69) is 26.6 Å². The molecule has 0 spiro atoms. The van der Waals surface area contributed by atoms with Crippen molar-refractivity contribution in [1.29, 1.82) is 0 Å². The molecule has 0 atom stereocenters. The molecule has 0 unspecified atom stereocenters. The Hall–Kier alpha value is -2.32. The molecule has 28 heavy (non-hydrogen) atoms. The first-order chi connectivity index (χ1) is 13.5. The van der Waals surface area contributed by atoms with Crippen molar-refractivity contribution < 1.29 is 19.2 Å². The van der Waals surface area contributed by atoms with Crippen LogP contribution < -0.4 is 0 Å². The zero-order chi connectivity index (χ0) is 21.4. The highest BCUT2D eigenvalue weighted by molar-refractivity contribution is 8.34. The summed E-state index contributed by atoms with van der Waals surface area (Å²) in [5, 5.41) is 8.75. The highest BCUT2D eigenvalue weighted by atomic mass is 35.7. The van der Waals surface area contributed by atoms with Gasteiger partial charge in [0.15, 0.2) is 0 Å². The molecule has 0 saturated carbocycles. The fraction of sp³-hybridized carbons (Fsp3) is 0.368. The van der Waals surface area contributed by atoms with Crippen molar-refractivity contribution in [3.05, 3.63) is 47.7 Å². The van der Waals surface area contributed by atoms with Crippen molar-refractivity contribution in [3.63, 3.8) is 0 Å². The summed E-state index contributed by atoms with van der Waals surface area (Å²) in [6.45, 7) is 10.1. The van der Waals surface area contributed by atoms with Crippen molar-refractivity contribution >= 4 is 44.6 Å². The maximum Gasteiger partial charge on any atom is 0.292 e. The molecule has 0 fully saturated rings. The number of ether oxygens (including phenoxy) is 1. The maximum absolute atomic E-state index is 8.95. The van der Waals surface area contributed by atoms with Gasteiger partial charge < -0.3 is 14.4 Å². The molecule has 0 aromatic heterocycles. The first-order valence-electron chi connectivity index (χ1n) is 8.30. The molecule has 1 rings (SSSR count). The quantitative estimate of drug-likeness (QED) is 0.243. The third kappa shape index (κ3) is 9.05. The highest BCUT2D eigenvalue weighted by Crippen LogP contribution is 2.18. The molecule has 1 aromatic carbocycles. The van der Waals surface area contributed by atoms with E-state index in [1.54, 1.807) is 0 Å². The summed E-state index contributed by atoms with van der Waals surface area (Å²) < 4.78 is 3.86. The number of aryl methyl sites for hydroxylation is 1. The number of aliphatic imine (C=N–C) groups is 1. The Morgan fingerprint density at radius 3 is 2.50 bits per heavy atom. The van der Waals surface area contributed by atoms with Crippen LogP contribution in [0.1, 0.15) is 37.0 Å². The van der Waals surface area contributed by atoms with E-state index >= 15 is 0 Å². The molecule has 0 aliphatic heterocycles. The lowest BCUT2D eigenvalue weighted by Gasteiger charge is -2.12. The van der Waals surface area contributed by atoms with Crippen LogP contribution in [0.2, 0.25) is 0 Å². The zero-order valence-electron chi connectivity index (χ0n) is 16.8. The van der Waals surface area contributed by atoms with Crippen LogP contribution >= 0.6 is 21.7 Å². The smallest absolute Gasteiger partial charge is 0.292 e. The molecule has 7 nitrogen and oxygen atoms in total. The Labute approximate surface area is 175 Å². The van der Waals surface area contributed by atoms with Crippen molar-refractivity contribution in [2.75, 3.05) is 14.2 Å². The zero-order valence-corrected chi connectivity index (χ0v) is 18.3. The number of nitrogens with zero attached hydrogens (tertiary/aromatic N) is 3. The van der Waals surface area contributed by atoms with E-state index in [0.29, 0.717) is 30.3 Å². The number of methoxy groups -OCH3 is 1. The fourth-order valence-electron chi connectivity index (χ4n) is 2.07. The predicted octanol–water partition coefficient (Wildman–Crippen LogP) is 4.87. The van der Waals surface area contributed by atoms with Gasteiger partial charge in [-0.25, -0.2) is 4.99 Å². The standard InChI is InChI=1S/C17H22ClN3O2S.C2H4O2/c1-6-16(17(24-18)19-7-2)21-23-11-15-12(3)9-8-10-14(15)13(4)20-22-5;1-4-2-3/h7-10H,2,6,11H2,1,3-5H3;2H,1H3/b19-17?,20-13-,21-16+;. The summed E-state index contributed by atoms with van der Waals surface area (Å²) in [6, 6.07) is 5.97. The normalized spacial score (nSPS) is 11.9. The van der Waals surface area contributed by atoms with Gasteiger partial charge in [-0.1, -0.05) is 42.0 Å². The molecule has 154 valence electrons. The van der Waals surface area contributed by atoms with Gasteiger partial charge in [-0.15, -0.1) is 0 Å². The van der Waals surface area contributed by atoms with Gasteiger partial charge in [-0.05, 0) is 36.5 Å². The monoisotopic (exact) mass is 427 g/mol. The summed E-state index contributed by atoms with van der Waals surface area (Å²) in [5.74, 6) is 0. The highest BCUT2D eigenvalue weighted by Gasteiger charge is 2.11. The second kappa shape index (κ2) is 15.7. The van der Waals surface area contributed by atoms with Crippen LogP contribution in [0.15, 0.2) is 46.3 Å². The van der Waals surface area contributed by atoms with Crippen LogP contribution in [-0.4, -0.2) is 37.2 Å². The molecule has 0 aliphatic rings. The topological polar surface area (TPSA) is 81.8 Å². The molecule has 0 aliphatic carbocycles. The van der Waals surface area contributed by atoms with Crippen LogP contribution in [0, 0.1) is 6.92 Å². The lowest BCUT2D eigenvalue weighted by atomic mass is 10.00. The Kier molecular flexibility index (Phi) is 14.4. The van der Waals surface area contributed by atoms with Crippen LogP contribution in [0.25, 0.3) is 0 Å². The lowest BCUT2D eigenvalue weighted by molar-refractivity contribution is -0.126. The van der Waals surface area contributed by atoms with E-state index in [4.69, 9.17) is 25.2 Å². The summed E-state index contributed by atoms with van der Waals surface area (Å²) in [4.78, 5) is 23.5. The van der Waals surface area contributed by atoms with Crippen molar-refractivity contribution in [1.82, 2.24) is 0 Å². The summed E-state index contributed by atoms with van der Waals surface area (Å²) >= 11 is 0. The fourth-order valence-corrected chi connectivity index (χ4v) is 2.84. The predicted molar refractivity (Wildman–Crippen MR) is 117 cm³/mol. The van der Waals surface area contributed by atoms with E-state index in [1.165, 1.54) is 20.4 Å². The summed E-state index contributed by atoms with van der Waals surface area (Å²) in [6.07, 6.45) is 2.08. The van der Waals surface area contributed by atoms with Crippen LogP contribution in [-0.2, 0) is 25.8 Å². The summed E-state index contributed by atoms with van der Waals surface area (Å²) in [5.41, 5.74) is 4.53. The Morgan fingerprint density at radius 1 is 1.32 bits per heavy atom. The second-order valence-corrected chi connectivity index (χ2v) is 6.16. The number of oxime groups is 2. The van der Waals surface area contributed by atoms with E-state index in [-0.39, 0.29) is 0 Å². The number of carbonyl (C=O) groups is 1. The minimum Gasteiger partial charge on any atom is -0.471 e. The van der Waals surface area contributed by atoms with Crippen LogP contribution in [0.3, 0.4) is 0 Å². The lowest BCUT2D eigenvalue weighted by Crippen LogP contribution is -2.10. The van der Waals surface area contributed by atoms with Gasteiger partial charge in [-0.3, -0.25) is 4.79 Å². The molecule has 0 heterocycles. The molecule has 0 saturated heterocycles. The van der Waals surface area contributed by atoms with Crippen LogP contribution in [0.5, 0.6) is 0 Å². The number of benzene rings is 1. The molecule has 0 N–H and O–H groups in total. The van der Waals surface area contributed by atoms with Crippen molar-refractivity contribution in [2.24, 2.45) is 15.3 Å². The molecule has 1 aromatic rings. The molecule has 0 amide bonds. The van der Waals surface area contributed by atoms with Crippen molar-refractivity contribution in [2.45, 2.75) is 33.8 Å². The van der Waals surface area contributed by atoms with E-state index < -0.39 is 0 Å². The van der Waals surface area contributed by atoms with E-state index in [1.807, 2.05) is 39.0 Å². The van der Waals surface area contributed by atoms with Gasteiger partial charge >= 0.3 is 0 Å². The molecular formula is C19H26ClN3O4S. The van der Waals surface area contributed by atoms with Crippen LogP contribution in [0.4, 0.5) is 0 Å². The van der Waals surface area contributed by atoms with Gasteiger partial charge in [0.2, 0.25) is 0 Å². The minimum atomic E-state index is 0.316. The Morgan fingerprint density at radius 2 is 2.00 bits per heavy atom. The number of rotatable bonds is 9. The second-order valence-electron chi connectivity index (χ2n) is 5.15. The number of hydrogen-bond acceptors (Lipinski definition) is 8. The molecule has 0 radical (unpaired) electrons. The molecular weight excluding hydrogens is 402 g/mol. The largest absolute Gasteiger partial charge is 0.471 e. The van der Waals surface area contributed by atoms with Gasteiger partial charge in [0.05, 0.1) is 12.8 Å².